The fraction of sp³-hybridized carbons (Fsp3) is 1.00. The van der Waals surface area contributed by atoms with Crippen LogP contribution in [0, 0.1) is 11.8 Å². The van der Waals surface area contributed by atoms with Crippen LogP contribution in [0.15, 0.2) is 0 Å². The maximum Gasteiger partial charge on any atom is 0.00420 e. The minimum atomic E-state index is 0.502. The van der Waals surface area contributed by atoms with Gasteiger partial charge in [-0.3, -0.25) is 0 Å². The van der Waals surface area contributed by atoms with Gasteiger partial charge >= 0.3 is 0 Å². The minimum absolute atomic E-state index is 0.502. The molecule has 0 radical (unpaired) electrons. The molecule has 0 aromatic rings. The second kappa shape index (κ2) is 4.63. The van der Waals surface area contributed by atoms with Gasteiger partial charge in [-0.15, -0.1) is 0 Å². The fourth-order valence-corrected chi connectivity index (χ4v) is 3.10. The van der Waals surface area contributed by atoms with Crippen LogP contribution in [0.1, 0.15) is 39.0 Å². The van der Waals surface area contributed by atoms with E-state index < -0.39 is 0 Å². The van der Waals surface area contributed by atoms with Crippen molar-refractivity contribution < 1.29 is 0 Å². The smallest absolute Gasteiger partial charge is 0.00420 e. The van der Waals surface area contributed by atoms with Crippen molar-refractivity contribution in [1.29, 1.82) is 0 Å². The van der Waals surface area contributed by atoms with E-state index in [1.165, 1.54) is 51.7 Å². The Balaban J connectivity index is 1.74. The molecular formula is C12H24N2. The minimum Gasteiger partial charge on any atom is -0.328 e. The number of nitrogens with two attached hydrogens (primary N) is 1. The van der Waals surface area contributed by atoms with Crippen molar-refractivity contribution >= 4 is 0 Å². The van der Waals surface area contributed by atoms with Crippen LogP contribution in [-0.4, -0.2) is 30.6 Å². The predicted octanol–water partition coefficient (Wildman–Crippen LogP) is 1.85. The maximum atomic E-state index is 5.94. The number of hydrogen-bond acceptors (Lipinski definition) is 2. The lowest BCUT2D eigenvalue weighted by molar-refractivity contribution is 0.159. The fourth-order valence-electron chi connectivity index (χ4n) is 3.10. The lowest BCUT2D eigenvalue weighted by atomic mass is 9.98. The Kier molecular flexibility index (Phi) is 3.45. The molecule has 2 nitrogen and oxygen atoms in total. The first-order chi connectivity index (χ1) is 6.74. The summed E-state index contributed by atoms with van der Waals surface area (Å²) in [5.41, 5.74) is 5.94. The van der Waals surface area contributed by atoms with Crippen molar-refractivity contribution in [3.05, 3.63) is 0 Å². The normalized spacial score (nSPS) is 40.3. The van der Waals surface area contributed by atoms with E-state index in [9.17, 15) is 0 Å². The zero-order valence-electron chi connectivity index (χ0n) is 9.41. The molecule has 0 aromatic carbocycles. The molecular weight excluding hydrogens is 172 g/mol. The lowest BCUT2D eigenvalue weighted by Gasteiger charge is -2.32. The molecule has 3 atom stereocenters. The number of nitrogens with zero attached hydrogens (tertiary/aromatic N) is 1. The van der Waals surface area contributed by atoms with Gasteiger partial charge in [-0.25, -0.2) is 0 Å². The van der Waals surface area contributed by atoms with Crippen LogP contribution < -0.4 is 5.73 Å². The largest absolute Gasteiger partial charge is 0.328 e. The summed E-state index contributed by atoms with van der Waals surface area (Å²) in [6.45, 7) is 6.35. The van der Waals surface area contributed by atoms with Gasteiger partial charge in [0.25, 0.3) is 0 Å². The van der Waals surface area contributed by atoms with Gasteiger partial charge in [0.1, 0.15) is 0 Å². The molecule has 1 unspecified atom stereocenters. The number of likely N-dealkylation sites (tertiary alicyclic amines) is 1. The van der Waals surface area contributed by atoms with E-state index >= 15 is 0 Å². The highest BCUT2D eigenvalue weighted by Crippen LogP contribution is 2.26. The Hall–Kier alpha value is -0.0800. The van der Waals surface area contributed by atoms with Crippen molar-refractivity contribution in [3.8, 4) is 0 Å². The zero-order chi connectivity index (χ0) is 9.97. The van der Waals surface area contributed by atoms with E-state index in [0.29, 0.717) is 6.04 Å². The topological polar surface area (TPSA) is 29.3 Å². The molecule has 2 aliphatic rings. The Morgan fingerprint density at radius 3 is 2.79 bits per heavy atom. The van der Waals surface area contributed by atoms with Gasteiger partial charge in [-0.2, -0.15) is 0 Å². The standard InChI is InChI=1S/C12H24N2/c1-10-3-2-6-14(8-10)9-11-4-5-12(13)7-11/h10-12H,2-9,13H2,1H3/t10?,11-,12+/m0/s1. The van der Waals surface area contributed by atoms with E-state index in [1.54, 1.807) is 0 Å². The molecule has 82 valence electrons. The molecule has 1 saturated heterocycles. The Morgan fingerprint density at radius 2 is 2.14 bits per heavy atom. The Morgan fingerprint density at radius 1 is 1.29 bits per heavy atom. The van der Waals surface area contributed by atoms with Crippen LogP contribution in [0.2, 0.25) is 0 Å². The van der Waals surface area contributed by atoms with Crippen LogP contribution >= 0.6 is 0 Å². The highest BCUT2D eigenvalue weighted by atomic mass is 15.1. The van der Waals surface area contributed by atoms with Crippen LogP contribution in [-0.2, 0) is 0 Å². The number of piperidine rings is 1. The summed E-state index contributed by atoms with van der Waals surface area (Å²) >= 11 is 0. The summed E-state index contributed by atoms with van der Waals surface area (Å²) in [6.07, 6.45) is 6.73. The van der Waals surface area contributed by atoms with Crippen LogP contribution in [0.4, 0.5) is 0 Å². The molecule has 0 aromatic heterocycles. The van der Waals surface area contributed by atoms with Crippen molar-refractivity contribution in [2.45, 2.75) is 45.1 Å². The van der Waals surface area contributed by atoms with E-state index in [2.05, 4.69) is 11.8 Å². The van der Waals surface area contributed by atoms with Crippen molar-refractivity contribution in [3.63, 3.8) is 0 Å². The average Bonchev–Trinajstić information content (AvgIpc) is 2.51. The molecule has 0 bridgehead atoms. The Bertz CT molecular complexity index is 181. The van der Waals surface area contributed by atoms with E-state index in [1.807, 2.05) is 0 Å². The van der Waals surface area contributed by atoms with Crippen molar-refractivity contribution in [2.24, 2.45) is 17.6 Å². The van der Waals surface area contributed by atoms with Gasteiger partial charge in [-0.1, -0.05) is 6.92 Å². The second-order valence-corrected chi connectivity index (χ2v) is 5.45. The zero-order valence-corrected chi connectivity index (χ0v) is 9.41. The highest BCUT2D eigenvalue weighted by molar-refractivity contribution is 4.81. The van der Waals surface area contributed by atoms with Gasteiger partial charge in [0.2, 0.25) is 0 Å². The summed E-state index contributed by atoms with van der Waals surface area (Å²) in [5.74, 6) is 1.81. The summed E-state index contributed by atoms with van der Waals surface area (Å²) in [7, 11) is 0. The molecule has 14 heavy (non-hydrogen) atoms. The van der Waals surface area contributed by atoms with Crippen molar-refractivity contribution in [1.82, 2.24) is 4.90 Å². The number of rotatable bonds is 2. The number of hydrogen-bond donors (Lipinski definition) is 1. The third-order valence-corrected chi connectivity index (χ3v) is 3.84. The van der Waals surface area contributed by atoms with Gasteiger partial charge in [0.05, 0.1) is 0 Å². The quantitative estimate of drug-likeness (QED) is 0.730. The van der Waals surface area contributed by atoms with Crippen LogP contribution in [0.25, 0.3) is 0 Å². The molecule has 0 spiro atoms. The third kappa shape index (κ3) is 2.71. The monoisotopic (exact) mass is 196 g/mol. The average molecular weight is 196 g/mol. The van der Waals surface area contributed by atoms with Crippen LogP contribution in [0.5, 0.6) is 0 Å². The summed E-state index contributed by atoms with van der Waals surface area (Å²) < 4.78 is 0. The summed E-state index contributed by atoms with van der Waals surface area (Å²) in [4.78, 5) is 2.66. The summed E-state index contributed by atoms with van der Waals surface area (Å²) in [6, 6.07) is 0.502. The lowest BCUT2D eigenvalue weighted by Crippen LogP contribution is -2.37. The van der Waals surface area contributed by atoms with E-state index in [0.717, 1.165) is 11.8 Å². The van der Waals surface area contributed by atoms with Gasteiger partial charge in [0.15, 0.2) is 0 Å². The van der Waals surface area contributed by atoms with E-state index in [-0.39, 0.29) is 0 Å². The SMILES string of the molecule is CC1CCCN(C[C@H]2CC[C@@H](N)C2)C1. The molecule has 0 amide bonds. The first-order valence-electron chi connectivity index (χ1n) is 6.22. The molecule has 1 saturated carbocycles. The predicted molar refractivity (Wildman–Crippen MR) is 60.2 cm³/mol. The highest BCUT2D eigenvalue weighted by Gasteiger charge is 2.25. The molecule has 1 aliphatic carbocycles. The third-order valence-electron chi connectivity index (χ3n) is 3.84. The molecule has 1 heterocycles. The van der Waals surface area contributed by atoms with Gasteiger partial charge in [-0.05, 0) is 50.5 Å². The van der Waals surface area contributed by atoms with Gasteiger partial charge < -0.3 is 10.6 Å². The second-order valence-electron chi connectivity index (χ2n) is 5.45. The molecule has 2 heteroatoms. The van der Waals surface area contributed by atoms with E-state index in [4.69, 9.17) is 5.73 Å². The molecule has 2 rings (SSSR count). The molecule has 2 N–H and O–H groups in total. The first-order valence-corrected chi connectivity index (χ1v) is 6.22. The molecule has 1 aliphatic heterocycles. The maximum absolute atomic E-state index is 5.94. The van der Waals surface area contributed by atoms with Crippen LogP contribution in [0.3, 0.4) is 0 Å². The molecule has 2 fully saturated rings. The van der Waals surface area contributed by atoms with Crippen molar-refractivity contribution in [2.75, 3.05) is 19.6 Å². The summed E-state index contributed by atoms with van der Waals surface area (Å²) in [5, 5.41) is 0. The Labute approximate surface area is 87.8 Å². The van der Waals surface area contributed by atoms with Gasteiger partial charge in [0, 0.05) is 19.1 Å². The first kappa shape index (κ1) is 10.4.